The fourth-order valence-corrected chi connectivity index (χ4v) is 4.24. The van der Waals surface area contributed by atoms with Gasteiger partial charge in [0.05, 0.1) is 23.2 Å². The highest BCUT2D eigenvalue weighted by Crippen LogP contribution is 2.28. The van der Waals surface area contributed by atoms with E-state index in [2.05, 4.69) is 11.7 Å². The number of rotatable bonds is 17. The minimum atomic E-state index is -4.64. The molecule has 1 unspecified atom stereocenters. The van der Waals surface area contributed by atoms with Gasteiger partial charge in [-0.3, -0.25) is 4.79 Å². The number of carbonyl (C=O) groups excluding carboxylic acids is 3. The van der Waals surface area contributed by atoms with Crippen molar-refractivity contribution in [3.05, 3.63) is 59.7 Å². The van der Waals surface area contributed by atoms with E-state index in [9.17, 15) is 27.6 Å². The molecule has 2 rings (SSSR count). The lowest BCUT2D eigenvalue weighted by Gasteiger charge is -2.20. The molecule has 220 valence electrons. The molecule has 1 atom stereocenters. The first-order chi connectivity index (χ1) is 19.1. The van der Waals surface area contributed by atoms with Crippen molar-refractivity contribution < 1.29 is 41.2 Å². The smallest absolute Gasteiger partial charge is 0.425 e. The van der Waals surface area contributed by atoms with E-state index >= 15 is 0 Å². The third kappa shape index (κ3) is 12.4. The number of esters is 2. The number of halogens is 3. The van der Waals surface area contributed by atoms with E-state index in [1.807, 2.05) is 0 Å². The molecule has 0 bridgehead atoms. The Balaban J connectivity index is 1.77. The summed E-state index contributed by atoms with van der Waals surface area (Å²) in [6.07, 6.45) is 1.82. The summed E-state index contributed by atoms with van der Waals surface area (Å²) in [5.74, 6) is -1.70. The molecule has 0 aliphatic rings. The quantitative estimate of drug-likeness (QED) is 0.0798. The molecule has 40 heavy (non-hydrogen) atoms. The van der Waals surface area contributed by atoms with Crippen LogP contribution in [0.25, 0.3) is 0 Å². The molecule has 0 aliphatic carbocycles. The third-order valence-electron chi connectivity index (χ3n) is 6.04. The predicted octanol–water partition coefficient (Wildman–Crippen LogP) is 8.87. The highest BCUT2D eigenvalue weighted by Gasteiger charge is 2.42. The first-order valence-electron chi connectivity index (χ1n) is 13.7. The Morgan fingerprint density at radius 3 is 1.90 bits per heavy atom. The van der Waals surface area contributed by atoms with E-state index in [1.165, 1.54) is 74.2 Å². The van der Waals surface area contributed by atoms with Gasteiger partial charge in [0, 0.05) is 11.3 Å². The van der Waals surface area contributed by atoms with Crippen molar-refractivity contribution in [2.75, 3.05) is 0 Å². The van der Waals surface area contributed by atoms with Crippen molar-refractivity contribution in [2.24, 2.45) is 0 Å². The average molecular weight is 583 g/mol. The van der Waals surface area contributed by atoms with Crippen LogP contribution in [0, 0.1) is 0 Å². The summed E-state index contributed by atoms with van der Waals surface area (Å²) in [5.41, 5.74) is 0.198. The summed E-state index contributed by atoms with van der Waals surface area (Å²) in [5, 5.41) is 0. The van der Waals surface area contributed by atoms with Crippen LogP contribution in [0.15, 0.2) is 53.4 Å². The van der Waals surface area contributed by atoms with Crippen LogP contribution >= 0.6 is 12.0 Å². The Kier molecular flexibility index (Phi) is 14.6. The number of benzene rings is 2. The van der Waals surface area contributed by atoms with Crippen LogP contribution in [0.5, 0.6) is 5.75 Å². The Morgan fingerprint density at radius 1 is 0.750 bits per heavy atom. The zero-order valence-corrected chi connectivity index (χ0v) is 23.8. The van der Waals surface area contributed by atoms with Crippen molar-refractivity contribution >= 4 is 30.0 Å². The van der Waals surface area contributed by atoms with Crippen LogP contribution in [0.2, 0.25) is 0 Å². The number of hydrogen-bond donors (Lipinski definition) is 0. The van der Waals surface area contributed by atoms with Gasteiger partial charge in [0.25, 0.3) is 0 Å². The molecule has 2 aromatic rings. The maximum absolute atomic E-state index is 13.1. The Bertz CT molecular complexity index is 1050. The molecule has 10 heteroatoms. The van der Waals surface area contributed by atoms with Crippen molar-refractivity contribution in [1.29, 1.82) is 0 Å². The maximum Gasteiger partial charge on any atom is 0.425 e. The minimum Gasteiger partial charge on any atom is -0.449 e. The fraction of sp³-hybridized carbons (Fsp3) is 0.500. The summed E-state index contributed by atoms with van der Waals surface area (Å²) < 4.78 is 54.6. The molecule has 2 aromatic carbocycles. The lowest BCUT2D eigenvalue weighted by atomic mass is 10.1. The highest BCUT2D eigenvalue weighted by molar-refractivity contribution is 7.95. The normalized spacial score (nSPS) is 12.0. The Hall–Kier alpha value is -3.01. The number of hydrogen-bond acceptors (Lipinski definition) is 7. The van der Waals surface area contributed by atoms with E-state index in [-0.39, 0.29) is 29.9 Å². The number of alkyl halides is 3. The van der Waals surface area contributed by atoms with Crippen molar-refractivity contribution in [3.8, 4) is 5.75 Å². The van der Waals surface area contributed by atoms with E-state index in [0.29, 0.717) is 23.5 Å². The number of unbranched alkanes of at least 4 members (excludes halogenated alkanes) is 7. The van der Waals surface area contributed by atoms with Crippen LogP contribution in [0.3, 0.4) is 0 Å². The summed E-state index contributed by atoms with van der Waals surface area (Å²) in [6.45, 7) is 3.93. The van der Waals surface area contributed by atoms with Crippen LogP contribution in [0.4, 0.5) is 13.2 Å². The van der Waals surface area contributed by atoms with Crippen LogP contribution in [-0.2, 0) is 13.7 Å². The Labute approximate surface area is 238 Å². The van der Waals surface area contributed by atoms with Crippen LogP contribution in [0.1, 0.15) is 105 Å². The van der Waals surface area contributed by atoms with Gasteiger partial charge in [-0.2, -0.15) is 13.2 Å². The van der Waals surface area contributed by atoms with Crippen LogP contribution < -0.4 is 4.74 Å². The lowest BCUT2D eigenvalue weighted by Crippen LogP contribution is -2.33. The highest BCUT2D eigenvalue weighted by atomic mass is 32.2. The second-order valence-electron chi connectivity index (χ2n) is 9.43. The van der Waals surface area contributed by atoms with Gasteiger partial charge in [0.1, 0.15) is 5.75 Å². The molecule has 0 saturated carbocycles. The molecular formula is C30H37F3O6S. The molecule has 0 radical (unpaired) electrons. The monoisotopic (exact) mass is 582 g/mol. The number of ether oxygens (including phenoxy) is 2. The molecule has 0 heterocycles. The van der Waals surface area contributed by atoms with Gasteiger partial charge in [0.2, 0.25) is 0 Å². The molecule has 0 spiro atoms. The SMILES string of the molecule is CCCCCCCCCC(=O)Oc1ccc(C(=O)OSc2ccc(C(=O)OC(CCCC)C(F)(F)F)cc2)cc1. The topological polar surface area (TPSA) is 78.9 Å². The second-order valence-corrected chi connectivity index (χ2v) is 10.2. The van der Waals surface area contributed by atoms with Gasteiger partial charge >= 0.3 is 24.1 Å². The van der Waals surface area contributed by atoms with Gasteiger partial charge in [-0.05, 0) is 67.8 Å². The molecule has 0 fully saturated rings. The summed E-state index contributed by atoms with van der Waals surface area (Å²) in [4.78, 5) is 37.0. The first kappa shape index (κ1) is 33.2. The Morgan fingerprint density at radius 2 is 1.30 bits per heavy atom. The van der Waals surface area contributed by atoms with Gasteiger partial charge in [0.15, 0.2) is 6.10 Å². The molecule has 0 saturated heterocycles. The second kappa shape index (κ2) is 17.6. The molecule has 0 N–H and O–H groups in total. The van der Waals surface area contributed by atoms with E-state index in [1.54, 1.807) is 6.92 Å². The molecule has 0 aliphatic heterocycles. The van der Waals surface area contributed by atoms with Crippen molar-refractivity contribution in [1.82, 2.24) is 0 Å². The fourth-order valence-electron chi connectivity index (χ4n) is 3.72. The van der Waals surface area contributed by atoms with E-state index < -0.39 is 24.2 Å². The summed E-state index contributed by atoms with van der Waals surface area (Å²) in [7, 11) is 0. The molecule has 0 amide bonds. The van der Waals surface area contributed by atoms with Gasteiger partial charge in [-0.1, -0.05) is 58.8 Å². The van der Waals surface area contributed by atoms with Gasteiger partial charge < -0.3 is 13.7 Å². The van der Waals surface area contributed by atoms with Gasteiger partial charge in [-0.15, -0.1) is 0 Å². The molecule has 6 nitrogen and oxygen atoms in total. The maximum atomic E-state index is 13.1. The lowest BCUT2D eigenvalue weighted by molar-refractivity contribution is -0.206. The summed E-state index contributed by atoms with van der Waals surface area (Å²) in [6, 6.07) is 11.5. The molecular weight excluding hydrogens is 545 g/mol. The predicted molar refractivity (Wildman–Crippen MR) is 147 cm³/mol. The minimum absolute atomic E-state index is 0.0430. The van der Waals surface area contributed by atoms with Crippen molar-refractivity contribution in [2.45, 2.75) is 102 Å². The van der Waals surface area contributed by atoms with Gasteiger partial charge in [-0.25, -0.2) is 9.59 Å². The molecule has 0 aromatic heterocycles. The zero-order valence-electron chi connectivity index (χ0n) is 23.0. The number of carbonyl (C=O) groups is 3. The van der Waals surface area contributed by atoms with E-state index in [4.69, 9.17) is 8.92 Å². The average Bonchev–Trinajstić information content (AvgIpc) is 2.93. The van der Waals surface area contributed by atoms with Crippen molar-refractivity contribution in [3.63, 3.8) is 0 Å². The summed E-state index contributed by atoms with van der Waals surface area (Å²) >= 11 is 0.738. The van der Waals surface area contributed by atoms with Crippen LogP contribution in [-0.4, -0.2) is 30.2 Å². The third-order valence-corrected chi connectivity index (χ3v) is 6.74. The zero-order chi connectivity index (χ0) is 29.4. The largest absolute Gasteiger partial charge is 0.449 e. The van der Waals surface area contributed by atoms with E-state index in [0.717, 1.165) is 31.3 Å². The first-order valence-corrected chi connectivity index (χ1v) is 14.5. The standard InChI is InChI=1S/C30H37F3O6S/c1-3-5-7-8-9-10-11-13-27(34)37-24-18-14-23(15-19-24)29(36)39-40-25-20-16-22(17-21-25)28(35)38-26(12-6-4-2)30(31,32)33/h14-21,26H,3-13H2,1-2H3.